The number of hydrogen-bond donors (Lipinski definition) is 1. The Balaban J connectivity index is 2.69. The monoisotopic (exact) mass is 278 g/mol. The Morgan fingerprint density at radius 2 is 1.74 bits per heavy atom. The van der Waals surface area contributed by atoms with Crippen LogP contribution in [0.1, 0.15) is 5.56 Å². The molecule has 0 radical (unpaired) electrons. The van der Waals surface area contributed by atoms with Gasteiger partial charge in [0, 0.05) is 11.1 Å². The van der Waals surface area contributed by atoms with Crippen LogP contribution in [-0.2, 0) is 0 Å². The van der Waals surface area contributed by atoms with E-state index in [4.69, 9.17) is 21.1 Å². The second kappa shape index (κ2) is 5.41. The predicted octanol–water partition coefficient (Wildman–Crippen LogP) is 4.04. The largest absolute Gasteiger partial charge is 0.502 e. The fourth-order valence-corrected chi connectivity index (χ4v) is 2.22. The van der Waals surface area contributed by atoms with E-state index in [1.54, 1.807) is 6.07 Å². The molecule has 0 saturated carbocycles. The van der Waals surface area contributed by atoms with Crippen molar-refractivity contribution in [3.8, 4) is 28.4 Å². The number of methoxy groups -OCH3 is 2. The lowest BCUT2D eigenvalue weighted by molar-refractivity contribution is 0.341. The van der Waals surface area contributed by atoms with Crippen LogP contribution in [0.25, 0.3) is 11.1 Å². The zero-order chi connectivity index (χ0) is 14.0. The average molecular weight is 279 g/mol. The van der Waals surface area contributed by atoms with Crippen molar-refractivity contribution >= 4 is 11.6 Å². The highest BCUT2D eigenvalue weighted by atomic mass is 35.5. The molecular weight excluding hydrogens is 264 g/mol. The van der Waals surface area contributed by atoms with Crippen molar-refractivity contribution in [3.05, 3.63) is 40.9 Å². The van der Waals surface area contributed by atoms with E-state index < -0.39 is 0 Å². The quantitative estimate of drug-likeness (QED) is 0.921. The maximum atomic E-state index is 10.1. The van der Waals surface area contributed by atoms with Gasteiger partial charge >= 0.3 is 0 Å². The summed E-state index contributed by atoms with van der Waals surface area (Å²) in [6.07, 6.45) is 0. The smallest absolute Gasteiger partial charge is 0.201 e. The fraction of sp³-hybridized carbons (Fsp3) is 0.200. The summed E-state index contributed by atoms with van der Waals surface area (Å²) in [5, 5.41) is 10.7. The van der Waals surface area contributed by atoms with Gasteiger partial charge in [-0.15, -0.1) is 0 Å². The zero-order valence-electron chi connectivity index (χ0n) is 11.0. The van der Waals surface area contributed by atoms with Gasteiger partial charge in [0.15, 0.2) is 11.5 Å². The summed E-state index contributed by atoms with van der Waals surface area (Å²) in [5.74, 6) is 0.691. The van der Waals surface area contributed by atoms with E-state index in [1.807, 2.05) is 31.2 Å². The van der Waals surface area contributed by atoms with Crippen LogP contribution in [-0.4, -0.2) is 19.3 Å². The summed E-state index contributed by atoms with van der Waals surface area (Å²) in [6, 6.07) is 9.24. The summed E-state index contributed by atoms with van der Waals surface area (Å²) in [5.41, 5.74) is 2.52. The number of hydrogen-bond acceptors (Lipinski definition) is 3. The summed E-state index contributed by atoms with van der Waals surface area (Å²) in [6.45, 7) is 1.93. The van der Waals surface area contributed by atoms with Crippen LogP contribution < -0.4 is 9.47 Å². The maximum absolute atomic E-state index is 10.1. The van der Waals surface area contributed by atoms with Gasteiger partial charge in [-0.05, 0) is 24.6 Å². The number of ether oxygens (including phenoxy) is 2. The first-order valence-electron chi connectivity index (χ1n) is 5.79. The molecule has 4 heteroatoms. The molecular formula is C15H15ClO3. The van der Waals surface area contributed by atoms with Crippen LogP contribution in [0.3, 0.4) is 0 Å². The highest BCUT2D eigenvalue weighted by Gasteiger charge is 2.17. The molecule has 0 heterocycles. The topological polar surface area (TPSA) is 38.7 Å². The van der Waals surface area contributed by atoms with E-state index in [-0.39, 0.29) is 5.75 Å². The Morgan fingerprint density at radius 3 is 2.37 bits per heavy atom. The Labute approximate surface area is 117 Å². The van der Waals surface area contributed by atoms with Crippen molar-refractivity contribution in [1.29, 1.82) is 0 Å². The first-order valence-corrected chi connectivity index (χ1v) is 6.17. The molecule has 0 spiro atoms. The molecule has 0 bridgehead atoms. The van der Waals surface area contributed by atoms with Gasteiger partial charge in [-0.25, -0.2) is 0 Å². The van der Waals surface area contributed by atoms with Crippen LogP contribution in [0.15, 0.2) is 30.3 Å². The summed E-state index contributed by atoms with van der Waals surface area (Å²) in [4.78, 5) is 0. The second-order valence-electron chi connectivity index (χ2n) is 4.13. The molecule has 2 aromatic rings. The van der Waals surface area contributed by atoms with Crippen molar-refractivity contribution in [2.45, 2.75) is 6.92 Å². The minimum absolute atomic E-state index is 0.0277. The van der Waals surface area contributed by atoms with E-state index >= 15 is 0 Å². The standard InChI is InChI=1S/C15H15ClO3/c1-9-5-4-6-10(13(9)16)11-7-8-12(18-2)14(17)15(11)19-3/h4-8,17H,1-3H3. The highest BCUT2D eigenvalue weighted by molar-refractivity contribution is 6.34. The molecule has 0 unspecified atom stereocenters. The number of aryl methyl sites for hydroxylation is 1. The average Bonchev–Trinajstić information content (AvgIpc) is 2.41. The SMILES string of the molecule is COc1ccc(-c2cccc(C)c2Cl)c(OC)c1O. The molecule has 0 fully saturated rings. The van der Waals surface area contributed by atoms with Crippen LogP contribution in [0.2, 0.25) is 5.02 Å². The summed E-state index contributed by atoms with van der Waals surface area (Å²) < 4.78 is 10.3. The lowest BCUT2D eigenvalue weighted by Gasteiger charge is -2.14. The van der Waals surface area contributed by atoms with Crippen molar-refractivity contribution in [2.24, 2.45) is 0 Å². The number of phenolic OH excluding ortho intramolecular Hbond substituents is 1. The lowest BCUT2D eigenvalue weighted by atomic mass is 10.0. The van der Waals surface area contributed by atoms with E-state index in [9.17, 15) is 5.11 Å². The van der Waals surface area contributed by atoms with Gasteiger partial charge in [-0.3, -0.25) is 0 Å². The summed E-state index contributed by atoms with van der Waals surface area (Å²) >= 11 is 6.31. The molecule has 0 aromatic heterocycles. The number of phenols is 1. The number of rotatable bonds is 3. The third-order valence-electron chi connectivity index (χ3n) is 3.00. The van der Waals surface area contributed by atoms with Crippen LogP contribution >= 0.6 is 11.6 Å². The first kappa shape index (κ1) is 13.6. The Bertz CT molecular complexity index is 609. The van der Waals surface area contributed by atoms with E-state index in [0.29, 0.717) is 16.5 Å². The van der Waals surface area contributed by atoms with Gasteiger partial charge in [0.1, 0.15) is 0 Å². The highest BCUT2D eigenvalue weighted by Crippen LogP contribution is 2.45. The fourth-order valence-electron chi connectivity index (χ4n) is 1.99. The Kier molecular flexibility index (Phi) is 3.86. The van der Waals surface area contributed by atoms with Gasteiger partial charge in [-0.2, -0.15) is 0 Å². The zero-order valence-corrected chi connectivity index (χ0v) is 11.8. The molecule has 0 aliphatic carbocycles. The minimum atomic E-state index is -0.0277. The molecule has 100 valence electrons. The molecule has 0 saturated heterocycles. The predicted molar refractivity (Wildman–Crippen MR) is 76.4 cm³/mol. The number of benzene rings is 2. The molecule has 0 atom stereocenters. The maximum Gasteiger partial charge on any atom is 0.201 e. The van der Waals surface area contributed by atoms with Crippen molar-refractivity contribution in [1.82, 2.24) is 0 Å². The van der Waals surface area contributed by atoms with Crippen molar-refractivity contribution in [2.75, 3.05) is 14.2 Å². The number of halogens is 1. The minimum Gasteiger partial charge on any atom is -0.502 e. The molecule has 0 aliphatic rings. The van der Waals surface area contributed by atoms with Gasteiger partial charge in [-0.1, -0.05) is 29.8 Å². The molecule has 0 amide bonds. The van der Waals surface area contributed by atoms with Crippen LogP contribution in [0, 0.1) is 6.92 Å². The van der Waals surface area contributed by atoms with Crippen LogP contribution in [0.5, 0.6) is 17.2 Å². The molecule has 3 nitrogen and oxygen atoms in total. The van der Waals surface area contributed by atoms with Crippen LogP contribution in [0.4, 0.5) is 0 Å². The Morgan fingerprint density at radius 1 is 1.00 bits per heavy atom. The van der Waals surface area contributed by atoms with Gasteiger partial charge in [0.2, 0.25) is 5.75 Å². The summed E-state index contributed by atoms with van der Waals surface area (Å²) in [7, 11) is 3.00. The molecule has 0 aliphatic heterocycles. The van der Waals surface area contributed by atoms with E-state index in [2.05, 4.69) is 0 Å². The molecule has 1 N–H and O–H groups in total. The molecule has 2 rings (SSSR count). The van der Waals surface area contributed by atoms with E-state index in [0.717, 1.165) is 16.7 Å². The lowest BCUT2D eigenvalue weighted by Crippen LogP contribution is -1.93. The van der Waals surface area contributed by atoms with Gasteiger partial charge in [0.05, 0.1) is 19.2 Å². The molecule has 2 aromatic carbocycles. The second-order valence-corrected chi connectivity index (χ2v) is 4.51. The number of aromatic hydroxyl groups is 1. The van der Waals surface area contributed by atoms with E-state index in [1.165, 1.54) is 14.2 Å². The Hall–Kier alpha value is -1.87. The van der Waals surface area contributed by atoms with Gasteiger partial charge < -0.3 is 14.6 Å². The van der Waals surface area contributed by atoms with Gasteiger partial charge in [0.25, 0.3) is 0 Å². The third-order valence-corrected chi connectivity index (χ3v) is 3.50. The van der Waals surface area contributed by atoms with Crippen molar-refractivity contribution in [3.63, 3.8) is 0 Å². The first-order chi connectivity index (χ1) is 9.10. The molecule has 19 heavy (non-hydrogen) atoms. The van der Waals surface area contributed by atoms with Crippen molar-refractivity contribution < 1.29 is 14.6 Å². The third kappa shape index (κ3) is 2.34. The normalized spacial score (nSPS) is 10.3.